The molecule has 3 rings (SSSR count). The van der Waals surface area contributed by atoms with Crippen molar-refractivity contribution in [3.63, 3.8) is 0 Å². The quantitative estimate of drug-likeness (QED) is 0.694. The fourth-order valence-corrected chi connectivity index (χ4v) is 2.53. The standard InChI is InChI=1S/C17H15N3O2/c18-8-9-20-14-11-13(19)6-7-15(14)22-16(17(20)21)10-12-4-2-1-3-5-12/h1-7,11,16H,9-10,19H2. The zero-order valence-electron chi connectivity index (χ0n) is 11.9. The van der Waals surface area contributed by atoms with Crippen LogP contribution in [-0.4, -0.2) is 18.6 Å². The van der Waals surface area contributed by atoms with Crippen molar-refractivity contribution in [2.45, 2.75) is 12.5 Å². The van der Waals surface area contributed by atoms with Crippen molar-refractivity contribution in [1.82, 2.24) is 0 Å². The van der Waals surface area contributed by atoms with Crippen LogP contribution >= 0.6 is 0 Å². The summed E-state index contributed by atoms with van der Waals surface area (Å²) in [5.41, 5.74) is 7.86. The van der Waals surface area contributed by atoms with E-state index in [4.69, 9.17) is 15.7 Å². The number of carbonyl (C=O) groups excluding carboxylic acids is 1. The van der Waals surface area contributed by atoms with Gasteiger partial charge in [-0.15, -0.1) is 0 Å². The molecule has 0 aliphatic carbocycles. The molecule has 1 aliphatic rings. The minimum Gasteiger partial charge on any atom is -0.478 e. The van der Waals surface area contributed by atoms with E-state index in [1.165, 1.54) is 4.90 Å². The molecule has 1 aliphatic heterocycles. The van der Waals surface area contributed by atoms with Crippen LogP contribution in [0.25, 0.3) is 0 Å². The SMILES string of the molecule is N#CCN1C(=O)C(Cc2ccccc2)Oc2ccc(N)cc21. The van der Waals surface area contributed by atoms with E-state index in [1.54, 1.807) is 18.2 Å². The number of ether oxygens (including phenoxy) is 1. The topological polar surface area (TPSA) is 79.3 Å². The summed E-state index contributed by atoms with van der Waals surface area (Å²) in [4.78, 5) is 14.0. The van der Waals surface area contributed by atoms with E-state index < -0.39 is 6.10 Å². The Bertz CT molecular complexity index is 737. The third kappa shape index (κ3) is 2.59. The average Bonchev–Trinajstić information content (AvgIpc) is 2.53. The smallest absolute Gasteiger partial charge is 0.269 e. The van der Waals surface area contributed by atoms with Crippen molar-refractivity contribution in [1.29, 1.82) is 5.26 Å². The molecule has 5 nitrogen and oxygen atoms in total. The molecule has 0 aromatic heterocycles. The van der Waals surface area contributed by atoms with E-state index in [-0.39, 0.29) is 12.5 Å². The molecule has 22 heavy (non-hydrogen) atoms. The van der Waals surface area contributed by atoms with Crippen molar-refractivity contribution in [3.05, 3.63) is 54.1 Å². The van der Waals surface area contributed by atoms with Gasteiger partial charge in [0.2, 0.25) is 0 Å². The molecule has 2 aromatic rings. The summed E-state index contributed by atoms with van der Waals surface area (Å²) < 4.78 is 5.82. The number of rotatable bonds is 3. The summed E-state index contributed by atoms with van der Waals surface area (Å²) in [6.07, 6.45) is -0.169. The maximum absolute atomic E-state index is 12.6. The molecule has 0 saturated carbocycles. The Balaban J connectivity index is 1.93. The van der Waals surface area contributed by atoms with Gasteiger partial charge in [-0.3, -0.25) is 9.69 Å². The normalized spacial score (nSPS) is 16.6. The second-order valence-electron chi connectivity index (χ2n) is 5.11. The van der Waals surface area contributed by atoms with Gasteiger partial charge in [-0.25, -0.2) is 0 Å². The Hall–Kier alpha value is -3.00. The van der Waals surface area contributed by atoms with Gasteiger partial charge in [-0.05, 0) is 23.8 Å². The Morgan fingerprint density at radius 1 is 1.23 bits per heavy atom. The molecule has 0 radical (unpaired) electrons. The summed E-state index contributed by atoms with van der Waals surface area (Å²) >= 11 is 0. The molecule has 110 valence electrons. The maximum atomic E-state index is 12.6. The number of nitrogens with zero attached hydrogens (tertiary/aromatic N) is 2. The second kappa shape index (κ2) is 5.78. The zero-order chi connectivity index (χ0) is 15.5. The number of hydrogen-bond acceptors (Lipinski definition) is 4. The van der Waals surface area contributed by atoms with Crippen LogP contribution in [-0.2, 0) is 11.2 Å². The number of nitriles is 1. The van der Waals surface area contributed by atoms with Crippen molar-refractivity contribution in [3.8, 4) is 11.8 Å². The summed E-state index contributed by atoms with van der Waals surface area (Å²) in [5.74, 6) is 0.355. The lowest BCUT2D eigenvalue weighted by molar-refractivity contribution is -0.126. The van der Waals surface area contributed by atoms with Crippen molar-refractivity contribution >= 4 is 17.3 Å². The van der Waals surface area contributed by atoms with Gasteiger partial charge in [-0.1, -0.05) is 30.3 Å². The molecule has 0 bridgehead atoms. The summed E-state index contributed by atoms with van der Waals surface area (Å²) in [7, 11) is 0. The first-order valence-corrected chi connectivity index (χ1v) is 6.97. The number of amides is 1. The fourth-order valence-electron chi connectivity index (χ4n) is 2.53. The van der Waals surface area contributed by atoms with Crippen LogP contribution in [0.1, 0.15) is 5.56 Å². The predicted octanol–water partition coefficient (Wildman–Crippen LogP) is 2.13. The lowest BCUT2D eigenvalue weighted by Crippen LogP contribution is -2.47. The van der Waals surface area contributed by atoms with Crippen molar-refractivity contribution < 1.29 is 9.53 Å². The number of nitrogen functional groups attached to an aromatic ring is 1. The van der Waals surface area contributed by atoms with Gasteiger partial charge in [0.05, 0.1) is 11.8 Å². The monoisotopic (exact) mass is 293 g/mol. The molecule has 1 atom stereocenters. The molecule has 2 N–H and O–H groups in total. The number of hydrogen-bond donors (Lipinski definition) is 1. The van der Waals surface area contributed by atoms with Crippen molar-refractivity contribution in [2.24, 2.45) is 0 Å². The molecular formula is C17H15N3O2. The molecule has 0 spiro atoms. The highest BCUT2D eigenvalue weighted by atomic mass is 16.5. The largest absolute Gasteiger partial charge is 0.478 e. The number of benzene rings is 2. The van der Waals surface area contributed by atoms with E-state index >= 15 is 0 Å². The molecule has 1 amide bonds. The first-order chi connectivity index (χ1) is 10.7. The van der Waals surface area contributed by atoms with E-state index in [0.717, 1.165) is 5.56 Å². The van der Waals surface area contributed by atoms with Crippen LogP contribution in [0, 0.1) is 11.3 Å². The summed E-state index contributed by atoms with van der Waals surface area (Å²) in [6.45, 7) is -0.0239. The average molecular weight is 293 g/mol. The van der Waals surface area contributed by atoms with Gasteiger partial charge in [0.15, 0.2) is 6.10 Å². The van der Waals surface area contributed by atoms with E-state index in [2.05, 4.69) is 0 Å². The number of nitrogens with two attached hydrogens (primary N) is 1. The van der Waals surface area contributed by atoms with Gasteiger partial charge in [0.1, 0.15) is 12.3 Å². The molecule has 5 heteroatoms. The highest BCUT2D eigenvalue weighted by molar-refractivity contribution is 6.01. The third-order valence-electron chi connectivity index (χ3n) is 3.58. The molecule has 0 fully saturated rings. The van der Waals surface area contributed by atoms with Gasteiger partial charge in [0.25, 0.3) is 5.91 Å². The molecular weight excluding hydrogens is 278 g/mol. The summed E-state index contributed by atoms with van der Waals surface area (Å²) in [6, 6.07) is 16.8. The van der Waals surface area contributed by atoms with E-state index in [1.807, 2.05) is 36.4 Å². The van der Waals surface area contributed by atoms with Gasteiger partial charge >= 0.3 is 0 Å². The number of anilines is 2. The highest BCUT2D eigenvalue weighted by Crippen LogP contribution is 2.36. The van der Waals surface area contributed by atoms with E-state index in [9.17, 15) is 4.79 Å². The number of carbonyl (C=O) groups is 1. The Morgan fingerprint density at radius 3 is 2.73 bits per heavy atom. The minimum absolute atomic E-state index is 0.0239. The lowest BCUT2D eigenvalue weighted by atomic mass is 10.0. The Kier molecular flexibility index (Phi) is 3.67. The van der Waals surface area contributed by atoms with Gasteiger partial charge in [-0.2, -0.15) is 5.26 Å². The van der Waals surface area contributed by atoms with Crippen LogP contribution in [0.15, 0.2) is 48.5 Å². The van der Waals surface area contributed by atoms with Crippen LogP contribution in [0.5, 0.6) is 5.75 Å². The predicted molar refractivity (Wildman–Crippen MR) is 83.4 cm³/mol. The van der Waals surface area contributed by atoms with Crippen LogP contribution in [0.2, 0.25) is 0 Å². The molecule has 1 unspecified atom stereocenters. The third-order valence-corrected chi connectivity index (χ3v) is 3.58. The van der Waals surface area contributed by atoms with E-state index in [0.29, 0.717) is 23.5 Å². The summed E-state index contributed by atoms with van der Waals surface area (Å²) in [5, 5.41) is 8.99. The van der Waals surface area contributed by atoms with Crippen molar-refractivity contribution in [2.75, 3.05) is 17.2 Å². The van der Waals surface area contributed by atoms with Crippen LogP contribution in [0.3, 0.4) is 0 Å². The Labute approximate surface area is 128 Å². The first kappa shape index (κ1) is 14.0. The minimum atomic E-state index is -0.633. The maximum Gasteiger partial charge on any atom is 0.269 e. The fraction of sp³-hybridized carbons (Fsp3) is 0.176. The second-order valence-corrected chi connectivity index (χ2v) is 5.11. The molecule has 0 saturated heterocycles. The lowest BCUT2D eigenvalue weighted by Gasteiger charge is -2.33. The molecule has 1 heterocycles. The van der Waals surface area contributed by atoms with Gasteiger partial charge in [0, 0.05) is 12.1 Å². The highest BCUT2D eigenvalue weighted by Gasteiger charge is 2.34. The van der Waals surface area contributed by atoms with Crippen LogP contribution < -0.4 is 15.4 Å². The zero-order valence-corrected chi connectivity index (χ0v) is 11.9. The number of fused-ring (bicyclic) bond motifs is 1. The Morgan fingerprint density at radius 2 is 2.00 bits per heavy atom. The first-order valence-electron chi connectivity index (χ1n) is 6.97. The molecule has 2 aromatic carbocycles. The van der Waals surface area contributed by atoms with Gasteiger partial charge < -0.3 is 10.5 Å². The van der Waals surface area contributed by atoms with Crippen LogP contribution in [0.4, 0.5) is 11.4 Å².